The number of likely N-dealkylation sites (tertiary alicyclic amines) is 1. The quantitative estimate of drug-likeness (QED) is 0.707. The van der Waals surface area contributed by atoms with Crippen molar-refractivity contribution in [2.75, 3.05) is 26.2 Å². The van der Waals surface area contributed by atoms with E-state index in [-0.39, 0.29) is 42.7 Å². The first-order chi connectivity index (χ1) is 16.0. The third-order valence-corrected chi connectivity index (χ3v) is 6.93. The smallest absolute Gasteiger partial charge is 0.407 e. The predicted octanol–water partition coefficient (Wildman–Crippen LogP) is 2.71. The molecular formula is C26H24N2O5. The molecule has 2 aliphatic carbocycles. The molecule has 5 rings (SSSR count). The van der Waals surface area contributed by atoms with Gasteiger partial charge >= 0.3 is 12.1 Å². The number of aliphatic carboxylic acids is 1. The number of alkyl carbamates (subject to hydrolysis) is 1. The molecule has 0 spiro atoms. The number of carboxylic acid groups (broad SMARTS) is 1. The summed E-state index contributed by atoms with van der Waals surface area (Å²) in [5.41, 5.74) is 4.61. The van der Waals surface area contributed by atoms with Gasteiger partial charge in [-0.1, -0.05) is 54.5 Å². The largest absolute Gasteiger partial charge is 0.481 e. The van der Waals surface area contributed by atoms with Crippen molar-refractivity contribution in [3.05, 3.63) is 59.7 Å². The third-order valence-electron chi connectivity index (χ3n) is 6.93. The van der Waals surface area contributed by atoms with Crippen LogP contribution in [0.15, 0.2) is 48.5 Å². The summed E-state index contributed by atoms with van der Waals surface area (Å²) in [7, 11) is 0. The van der Waals surface area contributed by atoms with E-state index in [1.807, 2.05) is 24.3 Å². The van der Waals surface area contributed by atoms with Gasteiger partial charge in [-0.3, -0.25) is 9.59 Å². The molecule has 1 aliphatic heterocycles. The van der Waals surface area contributed by atoms with Crippen LogP contribution in [-0.2, 0) is 14.3 Å². The van der Waals surface area contributed by atoms with Crippen molar-refractivity contribution >= 4 is 18.0 Å². The highest BCUT2D eigenvalue weighted by Crippen LogP contribution is 2.51. The van der Waals surface area contributed by atoms with Crippen LogP contribution in [0.1, 0.15) is 23.5 Å². The van der Waals surface area contributed by atoms with Crippen molar-refractivity contribution in [1.82, 2.24) is 10.2 Å². The van der Waals surface area contributed by atoms with Gasteiger partial charge in [0.2, 0.25) is 0 Å². The molecule has 0 aromatic heterocycles. The first-order valence-corrected chi connectivity index (χ1v) is 11.1. The second kappa shape index (κ2) is 8.62. The molecule has 2 fully saturated rings. The average molecular weight is 444 g/mol. The zero-order chi connectivity index (χ0) is 22.9. The average Bonchev–Trinajstić information content (AvgIpc) is 3.48. The first kappa shape index (κ1) is 21.1. The zero-order valence-electron chi connectivity index (χ0n) is 18.0. The van der Waals surface area contributed by atoms with Crippen LogP contribution in [0.2, 0.25) is 0 Å². The Bertz CT molecular complexity index is 1130. The van der Waals surface area contributed by atoms with Crippen LogP contribution in [0.5, 0.6) is 0 Å². The fourth-order valence-corrected chi connectivity index (χ4v) is 5.25. The highest BCUT2D eigenvalue weighted by molar-refractivity contribution is 5.94. The van der Waals surface area contributed by atoms with E-state index >= 15 is 0 Å². The van der Waals surface area contributed by atoms with E-state index in [0.717, 1.165) is 22.3 Å². The lowest BCUT2D eigenvalue weighted by atomic mass is 9.98. The molecule has 168 valence electrons. The maximum atomic E-state index is 12.3. The Labute approximate surface area is 191 Å². The van der Waals surface area contributed by atoms with Gasteiger partial charge in [-0.05, 0) is 46.4 Å². The molecule has 33 heavy (non-hydrogen) atoms. The molecule has 1 heterocycles. The number of hydrogen-bond donors (Lipinski definition) is 2. The van der Waals surface area contributed by atoms with Crippen LogP contribution >= 0.6 is 0 Å². The van der Waals surface area contributed by atoms with Crippen LogP contribution < -0.4 is 5.32 Å². The van der Waals surface area contributed by atoms with E-state index in [1.54, 1.807) is 4.90 Å². The van der Waals surface area contributed by atoms with E-state index in [0.29, 0.717) is 19.5 Å². The lowest BCUT2D eigenvalue weighted by molar-refractivity contribution is -0.139. The number of carboxylic acids is 1. The molecule has 2 N–H and O–H groups in total. The van der Waals surface area contributed by atoms with Gasteiger partial charge in [0.25, 0.3) is 5.91 Å². The van der Waals surface area contributed by atoms with Gasteiger partial charge in [0.15, 0.2) is 0 Å². The second-order valence-electron chi connectivity index (χ2n) is 8.71. The Morgan fingerprint density at radius 1 is 1.03 bits per heavy atom. The zero-order valence-corrected chi connectivity index (χ0v) is 18.0. The van der Waals surface area contributed by atoms with Crippen molar-refractivity contribution in [2.24, 2.45) is 17.8 Å². The molecule has 3 aliphatic rings. The number of benzene rings is 2. The van der Waals surface area contributed by atoms with Crippen molar-refractivity contribution in [3.63, 3.8) is 0 Å². The molecule has 7 heteroatoms. The van der Waals surface area contributed by atoms with Crippen LogP contribution in [0.4, 0.5) is 4.79 Å². The lowest BCUT2D eigenvalue weighted by Crippen LogP contribution is -2.36. The van der Waals surface area contributed by atoms with E-state index < -0.39 is 12.1 Å². The third kappa shape index (κ3) is 4.05. The minimum absolute atomic E-state index is 0.0000580. The molecule has 0 bridgehead atoms. The summed E-state index contributed by atoms with van der Waals surface area (Å²) in [5.74, 6) is 3.97. The Hall–Kier alpha value is -3.79. The fourth-order valence-electron chi connectivity index (χ4n) is 5.25. The summed E-state index contributed by atoms with van der Waals surface area (Å²) in [6.07, 6.45) is 0.120. The molecule has 1 saturated heterocycles. The van der Waals surface area contributed by atoms with E-state index in [9.17, 15) is 14.4 Å². The predicted molar refractivity (Wildman–Crippen MR) is 120 cm³/mol. The highest BCUT2D eigenvalue weighted by atomic mass is 16.5. The van der Waals surface area contributed by atoms with Gasteiger partial charge in [-0.2, -0.15) is 0 Å². The number of nitrogens with zero attached hydrogens (tertiary/aromatic N) is 1. The van der Waals surface area contributed by atoms with Gasteiger partial charge in [-0.15, -0.1) is 0 Å². The molecule has 1 saturated carbocycles. The van der Waals surface area contributed by atoms with Crippen molar-refractivity contribution in [3.8, 4) is 23.0 Å². The highest BCUT2D eigenvalue weighted by Gasteiger charge is 2.57. The van der Waals surface area contributed by atoms with Crippen molar-refractivity contribution in [2.45, 2.75) is 12.3 Å². The molecule has 2 aromatic carbocycles. The molecule has 0 radical (unpaired) electrons. The molecule has 7 nitrogen and oxygen atoms in total. The number of piperidine rings is 1. The number of rotatable bonds is 4. The van der Waals surface area contributed by atoms with Crippen LogP contribution in [0, 0.1) is 29.6 Å². The van der Waals surface area contributed by atoms with Crippen LogP contribution in [-0.4, -0.2) is 54.2 Å². The monoisotopic (exact) mass is 444 g/mol. The summed E-state index contributed by atoms with van der Waals surface area (Å²) < 4.78 is 5.45. The topological polar surface area (TPSA) is 95.9 Å². The lowest BCUT2D eigenvalue weighted by Gasteiger charge is -2.23. The maximum Gasteiger partial charge on any atom is 0.407 e. The number of carbonyl (C=O) groups is 3. The Morgan fingerprint density at radius 2 is 1.70 bits per heavy atom. The summed E-state index contributed by atoms with van der Waals surface area (Å²) in [5, 5.41) is 11.7. The summed E-state index contributed by atoms with van der Waals surface area (Å²) >= 11 is 0. The molecule has 3 unspecified atom stereocenters. The van der Waals surface area contributed by atoms with E-state index in [1.165, 1.54) is 0 Å². The SMILES string of the molecule is O=C(NCC#CC(=O)N1CCC2C(C1)C2C(=O)O)OCC1c2ccccc2-c2ccccc21. The van der Waals surface area contributed by atoms with Gasteiger partial charge < -0.3 is 20.1 Å². The number of hydrogen-bond acceptors (Lipinski definition) is 4. The standard InChI is InChI=1S/C26H24N2O5/c29-23(28-13-11-20-21(14-28)24(20)25(30)31)10-5-12-27-26(32)33-15-22-18-8-3-1-6-16(18)17-7-2-4-9-19(17)22/h1-4,6-9,20-22,24H,11-15H2,(H,27,32)(H,30,31). The molecular weight excluding hydrogens is 420 g/mol. The first-order valence-electron chi connectivity index (χ1n) is 11.1. The Balaban J connectivity index is 1.10. The van der Waals surface area contributed by atoms with Crippen LogP contribution in [0.25, 0.3) is 11.1 Å². The maximum absolute atomic E-state index is 12.3. The van der Waals surface area contributed by atoms with Gasteiger partial charge in [0.05, 0.1) is 12.5 Å². The summed E-state index contributed by atoms with van der Waals surface area (Å²) in [6, 6.07) is 16.2. The van der Waals surface area contributed by atoms with Gasteiger partial charge in [-0.25, -0.2) is 4.79 Å². The number of fused-ring (bicyclic) bond motifs is 4. The summed E-state index contributed by atoms with van der Waals surface area (Å²) in [6.45, 7) is 1.18. The van der Waals surface area contributed by atoms with E-state index in [2.05, 4.69) is 41.4 Å². The van der Waals surface area contributed by atoms with E-state index in [4.69, 9.17) is 9.84 Å². The number of amides is 2. The van der Waals surface area contributed by atoms with Crippen LogP contribution in [0.3, 0.4) is 0 Å². The Morgan fingerprint density at radius 3 is 2.36 bits per heavy atom. The minimum Gasteiger partial charge on any atom is -0.481 e. The molecule has 3 atom stereocenters. The second-order valence-corrected chi connectivity index (χ2v) is 8.71. The van der Waals surface area contributed by atoms with Crippen molar-refractivity contribution in [1.29, 1.82) is 0 Å². The van der Waals surface area contributed by atoms with Gasteiger partial charge in [0, 0.05) is 19.0 Å². The fraction of sp³-hybridized carbons (Fsp3) is 0.346. The molecule has 2 aromatic rings. The normalized spacial score (nSPS) is 22.2. The summed E-state index contributed by atoms with van der Waals surface area (Å²) in [4.78, 5) is 37.2. The Kier molecular flexibility index (Phi) is 5.51. The number of ether oxygens (including phenoxy) is 1. The van der Waals surface area contributed by atoms with Gasteiger partial charge in [0.1, 0.15) is 6.61 Å². The molecule has 2 amide bonds. The number of carbonyl (C=O) groups excluding carboxylic acids is 2. The minimum atomic E-state index is -0.780. The number of nitrogens with one attached hydrogen (secondary N) is 1. The van der Waals surface area contributed by atoms with Crippen molar-refractivity contribution < 1.29 is 24.2 Å².